The summed E-state index contributed by atoms with van der Waals surface area (Å²) >= 11 is 1.45. The zero-order chi connectivity index (χ0) is 19.8. The van der Waals surface area contributed by atoms with Crippen molar-refractivity contribution in [3.63, 3.8) is 0 Å². The minimum absolute atomic E-state index is 0.0925. The number of hydrogen-bond donors (Lipinski definition) is 2. The van der Waals surface area contributed by atoms with Crippen LogP contribution in [-0.4, -0.2) is 43.2 Å². The van der Waals surface area contributed by atoms with Crippen LogP contribution in [0.5, 0.6) is 0 Å². The van der Waals surface area contributed by atoms with Crippen LogP contribution >= 0.6 is 11.3 Å². The number of amides is 1. The maximum Gasteiger partial charge on any atom is 0.263 e. The van der Waals surface area contributed by atoms with Crippen molar-refractivity contribution in [2.45, 2.75) is 63.9 Å². The lowest BCUT2D eigenvalue weighted by molar-refractivity contribution is 0.0862. The van der Waals surface area contributed by atoms with E-state index in [-0.39, 0.29) is 12.0 Å². The third kappa shape index (κ3) is 3.59. The number of carbonyl (C=O) groups excluding carboxylic acids is 1. The second-order valence-corrected chi connectivity index (χ2v) is 9.52. The van der Waals surface area contributed by atoms with E-state index >= 15 is 0 Å². The lowest BCUT2D eigenvalue weighted by Crippen LogP contribution is -2.31. The van der Waals surface area contributed by atoms with E-state index in [1.165, 1.54) is 54.6 Å². The molecular weight excluding hydrogens is 384 g/mol. The summed E-state index contributed by atoms with van der Waals surface area (Å²) in [5.74, 6) is 1.06. The third-order valence-corrected chi connectivity index (χ3v) is 7.65. The quantitative estimate of drug-likeness (QED) is 0.798. The van der Waals surface area contributed by atoms with Crippen LogP contribution in [0, 0.1) is 0 Å². The standard InChI is InChI=1S/C22H30N4O2S/c23-18-17-15-8-2-3-9-16(15)20(26-10-4-1-5-11-26)25-22(17)29-19(18)21(27)24-13-14-7-6-12-28-14/h14H,1-13,23H2,(H,24,27)/t14-/m1/s1. The number of piperidine rings is 1. The number of anilines is 2. The Balaban J connectivity index is 1.50. The van der Waals surface area contributed by atoms with Crippen molar-refractivity contribution in [2.24, 2.45) is 0 Å². The van der Waals surface area contributed by atoms with E-state index in [4.69, 9.17) is 15.5 Å². The number of fused-ring (bicyclic) bond motifs is 3. The van der Waals surface area contributed by atoms with Gasteiger partial charge in [-0.05, 0) is 68.9 Å². The normalized spacial score (nSPS) is 22.1. The molecule has 0 bridgehead atoms. The summed E-state index contributed by atoms with van der Waals surface area (Å²) < 4.78 is 5.63. The fourth-order valence-corrected chi connectivity index (χ4v) is 6.06. The Labute approximate surface area is 175 Å². The fraction of sp³-hybridized carbons (Fsp3) is 0.636. The van der Waals surface area contributed by atoms with Crippen LogP contribution in [0.3, 0.4) is 0 Å². The van der Waals surface area contributed by atoms with Gasteiger partial charge >= 0.3 is 0 Å². The molecule has 2 aromatic heterocycles. The van der Waals surface area contributed by atoms with E-state index in [9.17, 15) is 4.79 Å². The van der Waals surface area contributed by atoms with Crippen molar-refractivity contribution in [1.82, 2.24) is 10.3 Å². The van der Waals surface area contributed by atoms with Gasteiger partial charge in [0.25, 0.3) is 5.91 Å². The average Bonchev–Trinajstić information content (AvgIpc) is 3.40. The predicted octanol–water partition coefficient (Wildman–Crippen LogP) is 3.66. The van der Waals surface area contributed by atoms with Crippen LogP contribution < -0.4 is 16.0 Å². The molecule has 0 radical (unpaired) electrons. The Morgan fingerprint density at radius 2 is 1.93 bits per heavy atom. The minimum Gasteiger partial charge on any atom is -0.397 e. The molecule has 0 saturated carbocycles. The summed E-state index contributed by atoms with van der Waals surface area (Å²) in [5, 5.41) is 4.06. The van der Waals surface area contributed by atoms with Gasteiger partial charge in [-0.1, -0.05) is 0 Å². The second kappa shape index (κ2) is 8.11. The SMILES string of the molecule is Nc1c(C(=O)NC[C@H]2CCCO2)sc2nc(N3CCCCC3)c3c(c12)CCCC3. The highest BCUT2D eigenvalue weighted by molar-refractivity contribution is 7.21. The van der Waals surface area contributed by atoms with Crippen molar-refractivity contribution in [3.8, 4) is 0 Å². The smallest absolute Gasteiger partial charge is 0.263 e. The monoisotopic (exact) mass is 414 g/mol. The Kier molecular flexibility index (Phi) is 5.35. The largest absolute Gasteiger partial charge is 0.397 e. The Hall–Kier alpha value is -1.86. The van der Waals surface area contributed by atoms with E-state index < -0.39 is 0 Å². The number of hydrogen-bond acceptors (Lipinski definition) is 6. The molecule has 156 valence electrons. The number of nitrogens with zero attached hydrogens (tertiary/aromatic N) is 2. The van der Waals surface area contributed by atoms with Crippen molar-refractivity contribution in [2.75, 3.05) is 36.9 Å². The number of nitrogens with one attached hydrogen (secondary N) is 1. The molecule has 5 rings (SSSR count). The molecule has 3 aliphatic rings. The highest BCUT2D eigenvalue weighted by Crippen LogP contribution is 2.42. The highest BCUT2D eigenvalue weighted by atomic mass is 32.1. The number of aromatic nitrogens is 1. The van der Waals surface area contributed by atoms with Crippen LogP contribution in [0.4, 0.5) is 11.5 Å². The van der Waals surface area contributed by atoms with Gasteiger partial charge in [-0.2, -0.15) is 0 Å². The number of rotatable bonds is 4. The molecule has 1 aliphatic carbocycles. The van der Waals surface area contributed by atoms with E-state index in [0.29, 0.717) is 17.1 Å². The molecule has 4 heterocycles. The van der Waals surface area contributed by atoms with Crippen molar-refractivity contribution in [1.29, 1.82) is 0 Å². The summed E-state index contributed by atoms with van der Waals surface area (Å²) in [6.07, 6.45) is 10.5. The molecule has 2 aromatic rings. The summed E-state index contributed by atoms with van der Waals surface area (Å²) in [6, 6.07) is 0. The molecule has 0 aromatic carbocycles. The molecule has 6 nitrogen and oxygen atoms in total. The number of thiophene rings is 1. The lowest BCUT2D eigenvalue weighted by Gasteiger charge is -2.31. The molecule has 3 N–H and O–H groups in total. The molecular formula is C22H30N4O2S. The average molecular weight is 415 g/mol. The number of aryl methyl sites for hydroxylation is 1. The van der Waals surface area contributed by atoms with Gasteiger partial charge in [0.1, 0.15) is 15.5 Å². The molecule has 2 fully saturated rings. The van der Waals surface area contributed by atoms with Gasteiger partial charge < -0.3 is 20.7 Å². The zero-order valence-corrected chi connectivity index (χ0v) is 17.8. The van der Waals surface area contributed by atoms with Crippen LogP contribution in [0.2, 0.25) is 0 Å². The summed E-state index contributed by atoms with van der Waals surface area (Å²) in [5.41, 5.74) is 9.88. The van der Waals surface area contributed by atoms with E-state index in [1.54, 1.807) is 0 Å². The number of carbonyl (C=O) groups is 1. The van der Waals surface area contributed by atoms with Gasteiger partial charge in [-0.25, -0.2) is 4.98 Å². The van der Waals surface area contributed by atoms with E-state index in [0.717, 1.165) is 61.4 Å². The zero-order valence-electron chi connectivity index (χ0n) is 17.0. The highest BCUT2D eigenvalue weighted by Gasteiger charge is 2.28. The summed E-state index contributed by atoms with van der Waals surface area (Å²) in [4.78, 5) is 21.9. The van der Waals surface area contributed by atoms with Crippen LogP contribution in [0.15, 0.2) is 0 Å². The maximum absolute atomic E-state index is 12.9. The fourth-order valence-electron chi connectivity index (χ4n) is 5.02. The Morgan fingerprint density at radius 1 is 1.14 bits per heavy atom. The van der Waals surface area contributed by atoms with Crippen LogP contribution in [-0.2, 0) is 17.6 Å². The first-order valence-electron chi connectivity index (χ1n) is 11.1. The van der Waals surface area contributed by atoms with Gasteiger partial charge in [0.2, 0.25) is 0 Å². The van der Waals surface area contributed by atoms with E-state index in [1.807, 2.05) is 0 Å². The van der Waals surface area contributed by atoms with Crippen LogP contribution in [0.1, 0.15) is 65.7 Å². The molecule has 0 unspecified atom stereocenters. The molecule has 1 amide bonds. The summed E-state index contributed by atoms with van der Waals surface area (Å²) in [7, 11) is 0. The van der Waals surface area contributed by atoms with E-state index in [2.05, 4.69) is 10.2 Å². The van der Waals surface area contributed by atoms with Gasteiger partial charge in [0, 0.05) is 31.6 Å². The van der Waals surface area contributed by atoms with Gasteiger partial charge in [-0.3, -0.25) is 4.79 Å². The summed E-state index contributed by atoms with van der Waals surface area (Å²) in [6.45, 7) is 3.51. The first-order chi connectivity index (χ1) is 14.2. The maximum atomic E-state index is 12.9. The molecule has 2 saturated heterocycles. The molecule has 2 aliphatic heterocycles. The lowest BCUT2D eigenvalue weighted by atomic mass is 9.89. The number of pyridine rings is 1. The minimum atomic E-state index is -0.0925. The third-order valence-electron chi connectivity index (χ3n) is 6.55. The number of nitrogens with two attached hydrogens (primary N) is 1. The first-order valence-corrected chi connectivity index (χ1v) is 11.9. The molecule has 7 heteroatoms. The predicted molar refractivity (Wildman–Crippen MR) is 118 cm³/mol. The first kappa shape index (κ1) is 19.1. The Morgan fingerprint density at radius 3 is 2.69 bits per heavy atom. The Bertz CT molecular complexity index is 913. The van der Waals surface area contributed by atoms with Crippen molar-refractivity contribution in [3.05, 3.63) is 16.0 Å². The van der Waals surface area contributed by atoms with Crippen LogP contribution in [0.25, 0.3) is 10.2 Å². The number of nitrogen functional groups attached to an aromatic ring is 1. The van der Waals surface area contributed by atoms with Gasteiger partial charge in [-0.15, -0.1) is 11.3 Å². The van der Waals surface area contributed by atoms with Gasteiger partial charge in [0.15, 0.2) is 0 Å². The molecule has 29 heavy (non-hydrogen) atoms. The molecule has 0 spiro atoms. The topological polar surface area (TPSA) is 80.5 Å². The van der Waals surface area contributed by atoms with Gasteiger partial charge in [0.05, 0.1) is 11.8 Å². The van der Waals surface area contributed by atoms with Crippen molar-refractivity contribution < 1.29 is 9.53 Å². The van der Waals surface area contributed by atoms with Crippen molar-refractivity contribution >= 4 is 39.0 Å². The number of ether oxygens (including phenoxy) is 1. The second-order valence-electron chi connectivity index (χ2n) is 8.52. The molecule has 1 atom stereocenters.